The van der Waals surface area contributed by atoms with Crippen LogP contribution in [0, 0.1) is 6.92 Å². The fourth-order valence-corrected chi connectivity index (χ4v) is 3.45. The van der Waals surface area contributed by atoms with Gasteiger partial charge in [-0.2, -0.15) is 0 Å². The topological polar surface area (TPSA) is 72.4 Å². The second-order valence-corrected chi connectivity index (χ2v) is 7.05. The second kappa shape index (κ2) is 9.95. The minimum absolute atomic E-state index is 0.371. The van der Waals surface area contributed by atoms with Crippen LogP contribution in [0.1, 0.15) is 23.6 Å². The molecule has 0 saturated heterocycles. The molecule has 0 spiro atoms. The van der Waals surface area contributed by atoms with E-state index >= 15 is 0 Å². The highest BCUT2D eigenvalue weighted by atomic mass is 16.3. The summed E-state index contributed by atoms with van der Waals surface area (Å²) < 4.78 is 0. The van der Waals surface area contributed by atoms with Crippen LogP contribution >= 0.6 is 0 Å². The van der Waals surface area contributed by atoms with Crippen LogP contribution in [0.2, 0.25) is 0 Å². The van der Waals surface area contributed by atoms with Crippen molar-refractivity contribution < 1.29 is 5.11 Å². The monoisotopic (exact) mass is 378 g/mol. The van der Waals surface area contributed by atoms with Crippen molar-refractivity contribution in [3.63, 3.8) is 0 Å². The van der Waals surface area contributed by atoms with Crippen molar-refractivity contribution in [1.29, 1.82) is 0 Å². The molecule has 28 heavy (non-hydrogen) atoms. The minimum atomic E-state index is -0.492. The minimum Gasteiger partial charge on any atom is -0.391 e. The Bertz CT molecular complexity index is 901. The molecule has 0 aliphatic rings. The first kappa shape index (κ1) is 20.0. The Morgan fingerprint density at radius 1 is 1.11 bits per heavy atom. The van der Waals surface area contributed by atoms with Crippen LogP contribution in [-0.4, -0.2) is 41.8 Å². The Hall–Kier alpha value is -2.79. The van der Waals surface area contributed by atoms with Crippen LogP contribution < -0.4 is 10.6 Å². The SMILES string of the molecule is CCNC(=NCC(O)Cc1ccccc1)NCCc1c[nH]c2cccc(C)c12. The van der Waals surface area contributed by atoms with Gasteiger partial charge >= 0.3 is 0 Å². The van der Waals surface area contributed by atoms with Crippen LogP contribution in [0.15, 0.2) is 59.7 Å². The van der Waals surface area contributed by atoms with Crippen LogP contribution in [-0.2, 0) is 12.8 Å². The zero-order valence-corrected chi connectivity index (χ0v) is 16.7. The zero-order chi connectivity index (χ0) is 19.8. The molecule has 0 fully saturated rings. The number of nitrogens with zero attached hydrogens (tertiary/aromatic N) is 1. The highest BCUT2D eigenvalue weighted by Gasteiger charge is 2.08. The van der Waals surface area contributed by atoms with Crippen LogP contribution in [0.4, 0.5) is 0 Å². The normalized spacial score (nSPS) is 12.9. The van der Waals surface area contributed by atoms with Gasteiger partial charge in [-0.25, -0.2) is 0 Å². The van der Waals surface area contributed by atoms with E-state index in [-0.39, 0.29) is 0 Å². The molecule has 0 aliphatic carbocycles. The highest BCUT2D eigenvalue weighted by Crippen LogP contribution is 2.22. The number of fused-ring (bicyclic) bond motifs is 1. The Balaban J connectivity index is 1.54. The third-order valence-electron chi connectivity index (χ3n) is 4.80. The molecular formula is C23H30N4O. The standard InChI is InChI=1S/C23H30N4O/c1-3-24-23(27-16-20(28)14-18-9-5-4-6-10-18)25-13-12-19-15-26-21-11-7-8-17(2)22(19)21/h4-11,15,20,26,28H,3,12-14,16H2,1-2H3,(H2,24,25,27). The Labute approximate surface area is 166 Å². The maximum Gasteiger partial charge on any atom is 0.191 e. The summed E-state index contributed by atoms with van der Waals surface area (Å²) in [5, 5.41) is 18.2. The molecule has 0 aliphatic heterocycles. The number of benzene rings is 2. The molecule has 0 amide bonds. The molecule has 0 bridgehead atoms. The smallest absolute Gasteiger partial charge is 0.191 e. The van der Waals surface area contributed by atoms with Gasteiger partial charge in [-0.05, 0) is 43.0 Å². The van der Waals surface area contributed by atoms with Crippen LogP contribution in [0.25, 0.3) is 10.9 Å². The lowest BCUT2D eigenvalue weighted by atomic mass is 10.1. The fraction of sp³-hybridized carbons (Fsp3) is 0.348. The molecule has 1 heterocycles. The van der Waals surface area contributed by atoms with E-state index in [1.54, 1.807) is 0 Å². The molecule has 0 radical (unpaired) electrons. The third-order valence-corrected chi connectivity index (χ3v) is 4.80. The number of aliphatic hydroxyl groups is 1. The van der Waals surface area contributed by atoms with Crippen LogP contribution in [0.5, 0.6) is 0 Å². The molecule has 2 aromatic carbocycles. The number of aryl methyl sites for hydroxylation is 1. The summed E-state index contributed by atoms with van der Waals surface area (Å²) in [4.78, 5) is 7.89. The Morgan fingerprint density at radius 3 is 2.71 bits per heavy atom. The Kier molecular flexibility index (Phi) is 7.09. The average Bonchev–Trinajstić information content (AvgIpc) is 3.11. The van der Waals surface area contributed by atoms with E-state index in [9.17, 15) is 5.11 Å². The zero-order valence-electron chi connectivity index (χ0n) is 16.7. The first-order valence-corrected chi connectivity index (χ1v) is 9.97. The average molecular weight is 379 g/mol. The number of aliphatic imine (C=N–C) groups is 1. The highest BCUT2D eigenvalue weighted by molar-refractivity contribution is 5.86. The van der Waals surface area contributed by atoms with Gasteiger partial charge in [0.15, 0.2) is 5.96 Å². The quantitative estimate of drug-likeness (QED) is 0.359. The van der Waals surface area contributed by atoms with E-state index in [1.807, 2.05) is 37.3 Å². The largest absolute Gasteiger partial charge is 0.391 e. The van der Waals surface area contributed by atoms with E-state index in [0.29, 0.717) is 13.0 Å². The molecule has 5 nitrogen and oxygen atoms in total. The van der Waals surface area contributed by atoms with Crippen molar-refractivity contribution in [2.45, 2.75) is 32.8 Å². The van der Waals surface area contributed by atoms with Gasteiger partial charge in [0.05, 0.1) is 12.6 Å². The van der Waals surface area contributed by atoms with Crippen molar-refractivity contribution in [3.05, 3.63) is 71.4 Å². The summed E-state index contributed by atoms with van der Waals surface area (Å²) >= 11 is 0. The van der Waals surface area contributed by atoms with Crippen molar-refractivity contribution >= 4 is 16.9 Å². The summed E-state index contributed by atoms with van der Waals surface area (Å²) in [5.41, 5.74) is 4.90. The maximum atomic E-state index is 10.3. The molecule has 5 heteroatoms. The summed E-state index contributed by atoms with van der Waals surface area (Å²) in [6, 6.07) is 16.3. The van der Waals surface area contributed by atoms with Gasteiger partial charge in [0.1, 0.15) is 0 Å². The molecule has 1 unspecified atom stereocenters. The van der Waals surface area contributed by atoms with Crippen molar-refractivity contribution in [3.8, 4) is 0 Å². The first-order valence-electron chi connectivity index (χ1n) is 9.97. The van der Waals surface area contributed by atoms with Crippen molar-refractivity contribution in [1.82, 2.24) is 15.6 Å². The molecule has 148 valence electrons. The molecule has 4 N–H and O–H groups in total. The number of guanidine groups is 1. The van der Waals surface area contributed by atoms with Gasteiger partial charge in [-0.15, -0.1) is 0 Å². The van der Waals surface area contributed by atoms with Crippen molar-refractivity contribution in [2.75, 3.05) is 19.6 Å². The molecule has 3 aromatic rings. The number of H-pyrrole nitrogens is 1. The number of rotatable bonds is 8. The number of hydrogen-bond acceptors (Lipinski definition) is 2. The molecule has 0 saturated carbocycles. The van der Waals surface area contributed by atoms with Gasteiger partial charge in [0.2, 0.25) is 0 Å². The van der Waals surface area contributed by atoms with E-state index in [4.69, 9.17) is 0 Å². The van der Waals surface area contributed by atoms with E-state index < -0.39 is 6.10 Å². The number of aromatic nitrogens is 1. The van der Waals surface area contributed by atoms with E-state index in [1.165, 1.54) is 22.0 Å². The van der Waals surface area contributed by atoms with Gasteiger partial charge < -0.3 is 20.7 Å². The van der Waals surface area contributed by atoms with Gasteiger partial charge in [0.25, 0.3) is 0 Å². The number of hydrogen-bond donors (Lipinski definition) is 4. The fourth-order valence-electron chi connectivity index (χ4n) is 3.45. The summed E-state index contributed by atoms with van der Waals surface area (Å²) in [6.45, 7) is 6.12. The molecule has 1 atom stereocenters. The van der Waals surface area contributed by atoms with Gasteiger partial charge in [0, 0.05) is 36.6 Å². The van der Waals surface area contributed by atoms with Gasteiger partial charge in [-0.1, -0.05) is 42.5 Å². The maximum absolute atomic E-state index is 10.3. The molecule has 3 rings (SSSR count). The first-order chi connectivity index (χ1) is 13.7. The second-order valence-electron chi connectivity index (χ2n) is 7.05. The predicted molar refractivity (Wildman–Crippen MR) is 117 cm³/mol. The lowest BCUT2D eigenvalue weighted by Gasteiger charge is -2.13. The number of aliphatic hydroxyl groups excluding tert-OH is 1. The summed E-state index contributed by atoms with van der Waals surface area (Å²) in [5.74, 6) is 0.742. The lowest BCUT2D eigenvalue weighted by molar-refractivity contribution is 0.183. The Morgan fingerprint density at radius 2 is 1.93 bits per heavy atom. The van der Waals surface area contributed by atoms with E-state index in [2.05, 4.69) is 51.9 Å². The summed E-state index contributed by atoms with van der Waals surface area (Å²) in [6.07, 6.45) is 3.11. The molecular weight excluding hydrogens is 348 g/mol. The summed E-state index contributed by atoms with van der Waals surface area (Å²) in [7, 11) is 0. The lowest BCUT2D eigenvalue weighted by Crippen LogP contribution is -2.39. The predicted octanol–water partition coefficient (Wildman–Crippen LogP) is 3.18. The van der Waals surface area contributed by atoms with Crippen LogP contribution in [0.3, 0.4) is 0 Å². The third kappa shape index (κ3) is 5.36. The van der Waals surface area contributed by atoms with E-state index in [0.717, 1.165) is 31.0 Å². The number of aromatic amines is 1. The number of nitrogens with one attached hydrogen (secondary N) is 3. The van der Waals surface area contributed by atoms with Crippen molar-refractivity contribution in [2.24, 2.45) is 4.99 Å². The molecule has 1 aromatic heterocycles. The van der Waals surface area contributed by atoms with Gasteiger partial charge in [-0.3, -0.25) is 4.99 Å².